The van der Waals surface area contributed by atoms with E-state index in [0.717, 1.165) is 22.6 Å². The molecule has 0 unspecified atom stereocenters. The molecule has 172 valence electrons. The summed E-state index contributed by atoms with van der Waals surface area (Å²) in [7, 11) is 3.22. The fraction of sp³-hybridized carbons (Fsp3) is 0.167. The number of nitrogens with zero attached hydrogens (tertiary/aromatic N) is 4. The van der Waals surface area contributed by atoms with Crippen LogP contribution in [0.2, 0.25) is 0 Å². The van der Waals surface area contributed by atoms with Crippen LogP contribution >= 0.6 is 11.8 Å². The van der Waals surface area contributed by atoms with Gasteiger partial charge in [-0.1, -0.05) is 0 Å². The van der Waals surface area contributed by atoms with Crippen LogP contribution in [0.3, 0.4) is 0 Å². The molecule has 1 N–H and O–H groups in total. The quantitative estimate of drug-likeness (QED) is 0.550. The van der Waals surface area contributed by atoms with E-state index < -0.39 is 5.91 Å². The molecule has 0 radical (unpaired) electrons. The van der Waals surface area contributed by atoms with Crippen LogP contribution in [0, 0.1) is 19.3 Å². The molecule has 0 atom stereocenters. The molecule has 1 aromatic carbocycles. The van der Waals surface area contributed by atoms with Crippen molar-refractivity contribution < 1.29 is 18.7 Å². The van der Waals surface area contributed by atoms with E-state index in [1.807, 2.05) is 42.7 Å². The number of furan rings is 1. The monoisotopic (exact) mass is 475 g/mol. The molecule has 2 aliphatic heterocycles. The maximum absolute atomic E-state index is 12.8. The number of hydrogen-bond donors (Lipinski definition) is 1. The number of carbonyl (C=O) groups is 1. The molecule has 34 heavy (non-hydrogen) atoms. The van der Waals surface area contributed by atoms with E-state index in [9.17, 15) is 4.79 Å². The summed E-state index contributed by atoms with van der Waals surface area (Å²) in [6.45, 7) is 3.92. The third-order valence-electron chi connectivity index (χ3n) is 5.58. The van der Waals surface area contributed by atoms with Gasteiger partial charge in [-0.3, -0.25) is 10.2 Å². The van der Waals surface area contributed by atoms with Crippen molar-refractivity contribution in [1.82, 2.24) is 9.58 Å². The third-order valence-corrected chi connectivity index (χ3v) is 6.51. The summed E-state index contributed by atoms with van der Waals surface area (Å²) in [6.07, 6.45) is 3.23. The Kier molecular flexibility index (Phi) is 5.37. The van der Waals surface area contributed by atoms with Gasteiger partial charge in [-0.15, -0.1) is 0 Å². The number of benzene rings is 1. The van der Waals surface area contributed by atoms with Crippen molar-refractivity contribution in [3.8, 4) is 17.2 Å². The molecule has 0 bridgehead atoms. The number of ether oxygens (including phenoxy) is 2. The zero-order valence-corrected chi connectivity index (χ0v) is 19.8. The van der Waals surface area contributed by atoms with Crippen LogP contribution in [0.5, 0.6) is 11.5 Å². The Balaban J connectivity index is 1.53. The number of aliphatic imine (C=N–C) groups is 1. The summed E-state index contributed by atoms with van der Waals surface area (Å²) in [5.41, 5.74) is 3.64. The number of nitrogens with one attached hydrogen (secondary N) is 1. The Labute approximate surface area is 199 Å². The molecule has 10 heteroatoms. The van der Waals surface area contributed by atoms with Crippen molar-refractivity contribution in [3.63, 3.8) is 0 Å². The molecule has 2 aromatic heterocycles. The SMILES string of the molecule is COc1ccc(-n2c(C)cc(C=C3C(=N)N4N=C(c5ccco5)SC4=NC3=O)c2C)c(OC)c1. The maximum Gasteiger partial charge on any atom is 0.283 e. The highest BCUT2D eigenvalue weighted by atomic mass is 32.2. The van der Waals surface area contributed by atoms with Crippen LogP contribution in [-0.2, 0) is 4.79 Å². The Morgan fingerprint density at radius 2 is 1.97 bits per heavy atom. The minimum atomic E-state index is -0.480. The lowest BCUT2D eigenvalue weighted by atomic mass is 10.1. The number of rotatable bonds is 5. The van der Waals surface area contributed by atoms with Crippen LogP contribution in [0.25, 0.3) is 11.8 Å². The zero-order chi connectivity index (χ0) is 24.0. The average molecular weight is 476 g/mol. The minimum Gasteiger partial charge on any atom is -0.497 e. The fourth-order valence-electron chi connectivity index (χ4n) is 3.92. The maximum atomic E-state index is 12.8. The predicted molar refractivity (Wildman–Crippen MR) is 131 cm³/mol. The molecular formula is C24H21N5O4S. The number of hydrogen-bond acceptors (Lipinski definition) is 7. The van der Waals surface area contributed by atoms with Gasteiger partial charge in [0.15, 0.2) is 16.6 Å². The van der Waals surface area contributed by atoms with Crippen molar-refractivity contribution in [1.29, 1.82) is 5.41 Å². The molecule has 4 heterocycles. The first-order valence-corrected chi connectivity index (χ1v) is 11.2. The number of aromatic nitrogens is 1. The molecule has 5 rings (SSSR count). The van der Waals surface area contributed by atoms with Crippen LogP contribution in [0.15, 0.2) is 62.7 Å². The Hall–Kier alpha value is -4.05. The van der Waals surface area contributed by atoms with E-state index in [-0.39, 0.29) is 11.4 Å². The topological polar surface area (TPSA) is 105 Å². The molecule has 0 spiro atoms. The summed E-state index contributed by atoms with van der Waals surface area (Å²) >= 11 is 1.20. The number of hydrazone groups is 1. The smallest absolute Gasteiger partial charge is 0.283 e. The predicted octanol–water partition coefficient (Wildman–Crippen LogP) is 4.37. The van der Waals surface area contributed by atoms with Crippen molar-refractivity contribution in [2.24, 2.45) is 10.1 Å². The van der Waals surface area contributed by atoms with Gasteiger partial charge in [0.2, 0.25) is 5.17 Å². The molecular weight excluding hydrogens is 454 g/mol. The summed E-state index contributed by atoms with van der Waals surface area (Å²) in [6, 6.07) is 11.1. The van der Waals surface area contributed by atoms with Gasteiger partial charge in [0.25, 0.3) is 5.91 Å². The van der Waals surface area contributed by atoms with E-state index in [2.05, 4.69) is 10.1 Å². The van der Waals surface area contributed by atoms with Gasteiger partial charge in [0.05, 0.1) is 31.7 Å². The molecule has 0 fully saturated rings. The number of aryl methyl sites for hydroxylation is 1. The van der Waals surface area contributed by atoms with Crippen LogP contribution in [-0.4, -0.2) is 45.7 Å². The van der Waals surface area contributed by atoms with Crippen molar-refractivity contribution >= 4 is 39.8 Å². The number of methoxy groups -OCH3 is 2. The number of thioether (sulfide) groups is 1. The zero-order valence-electron chi connectivity index (χ0n) is 18.9. The molecule has 0 saturated heterocycles. The average Bonchev–Trinajstić information content (AvgIpc) is 3.56. The second-order valence-electron chi connectivity index (χ2n) is 7.60. The molecule has 3 aromatic rings. The first-order valence-electron chi connectivity index (χ1n) is 10.4. The molecule has 0 saturated carbocycles. The van der Waals surface area contributed by atoms with Gasteiger partial charge in [0.1, 0.15) is 11.5 Å². The van der Waals surface area contributed by atoms with E-state index in [1.54, 1.807) is 38.7 Å². The van der Waals surface area contributed by atoms with Crippen LogP contribution in [0.4, 0.5) is 0 Å². The standard InChI is InChI=1S/C24H21N5O4S/c1-13-10-15(14(2)28(13)18-8-7-16(31-3)12-20(18)32-4)11-17-21(25)29-24(26-22(17)30)34-23(27-29)19-6-5-9-33-19/h5-12,25H,1-4H3. The highest BCUT2D eigenvalue weighted by Gasteiger charge is 2.37. The number of amides is 1. The normalized spacial score (nSPS) is 16.6. The highest BCUT2D eigenvalue weighted by Crippen LogP contribution is 2.34. The molecule has 9 nitrogen and oxygen atoms in total. The molecule has 0 aliphatic carbocycles. The third kappa shape index (κ3) is 3.52. The van der Waals surface area contributed by atoms with Gasteiger partial charge in [-0.25, -0.2) is 0 Å². The Morgan fingerprint density at radius 1 is 1.15 bits per heavy atom. The summed E-state index contributed by atoms with van der Waals surface area (Å²) in [5.74, 6) is 1.40. The van der Waals surface area contributed by atoms with E-state index in [1.165, 1.54) is 16.8 Å². The first kappa shape index (κ1) is 21.8. The summed E-state index contributed by atoms with van der Waals surface area (Å²) in [4.78, 5) is 17.0. The van der Waals surface area contributed by atoms with Crippen LogP contribution < -0.4 is 9.47 Å². The summed E-state index contributed by atoms with van der Waals surface area (Å²) in [5, 5.41) is 15.3. The minimum absolute atomic E-state index is 0.0316. The van der Waals surface area contributed by atoms with Crippen LogP contribution in [0.1, 0.15) is 22.7 Å². The van der Waals surface area contributed by atoms with Gasteiger partial charge in [0, 0.05) is 17.5 Å². The van der Waals surface area contributed by atoms with Gasteiger partial charge in [-0.2, -0.15) is 15.1 Å². The van der Waals surface area contributed by atoms with E-state index >= 15 is 0 Å². The number of fused-ring (bicyclic) bond motifs is 1. The van der Waals surface area contributed by atoms with Crippen molar-refractivity contribution in [2.45, 2.75) is 13.8 Å². The number of carbonyl (C=O) groups excluding carboxylic acids is 1. The molecule has 1 amide bonds. The van der Waals surface area contributed by atoms with Crippen molar-refractivity contribution in [3.05, 3.63) is 70.9 Å². The first-order chi connectivity index (χ1) is 16.4. The van der Waals surface area contributed by atoms with E-state index in [4.69, 9.17) is 19.3 Å². The highest BCUT2D eigenvalue weighted by molar-refractivity contribution is 8.27. The fourth-order valence-corrected chi connectivity index (χ4v) is 4.78. The lowest BCUT2D eigenvalue weighted by molar-refractivity contribution is -0.114. The van der Waals surface area contributed by atoms with Gasteiger partial charge < -0.3 is 18.5 Å². The molecule has 2 aliphatic rings. The van der Waals surface area contributed by atoms with Gasteiger partial charge in [-0.05, 0) is 67.6 Å². The second-order valence-corrected chi connectivity index (χ2v) is 8.56. The van der Waals surface area contributed by atoms with E-state index in [0.29, 0.717) is 27.5 Å². The lowest BCUT2D eigenvalue weighted by Gasteiger charge is -2.20. The largest absolute Gasteiger partial charge is 0.497 e. The second kappa shape index (κ2) is 8.38. The van der Waals surface area contributed by atoms with Gasteiger partial charge >= 0.3 is 0 Å². The lowest BCUT2D eigenvalue weighted by Crippen LogP contribution is -2.35. The number of amidine groups is 2. The van der Waals surface area contributed by atoms with Crippen molar-refractivity contribution in [2.75, 3.05) is 14.2 Å². The Bertz CT molecular complexity index is 1420. The Morgan fingerprint density at radius 3 is 2.68 bits per heavy atom. The summed E-state index contributed by atoms with van der Waals surface area (Å²) < 4.78 is 18.3.